The fourth-order valence-electron chi connectivity index (χ4n) is 9.18. The van der Waals surface area contributed by atoms with Gasteiger partial charge in [-0.2, -0.15) is 0 Å². The molecule has 0 aliphatic heterocycles. The molecule has 0 heterocycles. The van der Waals surface area contributed by atoms with Gasteiger partial charge in [0.15, 0.2) is 0 Å². The standard InChI is InChI=1S/C54H68N2O4/c1-3-5-7-9-11-13-15-17-19-21-35-55-53(59)41-27-23-39(24-28-41)43-31-33-45-47(37-43)49-46-34-32-44(38-48(46)50(45)52(58)51(49)57)40-25-29-42(30-26-40)54(60)56-36-22-20-18-16-14-12-10-8-6-4-2/h23-34,37-38,49-50H,3-22,35-36H2,1-2H3,(H,55,59)(H,56,60). The molecule has 318 valence electrons. The molecule has 0 fully saturated rings. The van der Waals surface area contributed by atoms with E-state index in [1.807, 2.05) is 72.8 Å². The van der Waals surface area contributed by atoms with Crippen molar-refractivity contribution in [1.82, 2.24) is 10.6 Å². The van der Waals surface area contributed by atoms with E-state index in [9.17, 15) is 19.2 Å². The van der Waals surface area contributed by atoms with E-state index >= 15 is 0 Å². The van der Waals surface area contributed by atoms with Crippen molar-refractivity contribution < 1.29 is 19.2 Å². The largest absolute Gasteiger partial charge is 0.352 e. The lowest BCUT2D eigenvalue weighted by molar-refractivity contribution is -0.138. The summed E-state index contributed by atoms with van der Waals surface area (Å²) < 4.78 is 0. The van der Waals surface area contributed by atoms with Crippen molar-refractivity contribution in [2.24, 2.45) is 0 Å². The van der Waals surface area contributed by atoms with Gasteiger partial charge in [0.25, 0.3) is 11.8 Å². The van der Waals surface area contributed by atoms with E-state index in [0.29, 0.717) is 24.2 Å². The van der Waals surface area contributed by atoms with Crippen LogP contribution in [0.5, 0.6) is 0 Å². The van der Waals surface area contributed by atoms with E-state index in [0.717, 1.165) is 70.2 Å². The number of unbranched alkanes of at least 4 members (excludes halogenated alkanes) is 18. The van der Waals surface area contributed by atoms with Crippen LogP contribution in [0.1, 0.15) is 197 Å². The first-order chi connectivity index (χ1) is 29.4. The van der Waals surface area contributed by atoms with Gasteiger partial charge in [0.2, 0.25) is 11.6 Å². The van der Waals surface area contributed by atoms with Crippen LogP contribution in [0.4, 0.5) is 0 Å². The summed E-state index contributed by atoms with van der Waals surface area (Å²) in [5, 5.41) is 6.15. The summed E-state index contributed by atoms with van der Waals surface area (Å²) in [5.41, 5.74) is 8.60. The summed E-state index contributed by atoms with van der Waals surface area (Å²) in [7, 11) is 0. The van der Waals surface area contributed by atoms with E-state index < -0.39 is 11.8 Å². The molecule has 0 spiro atoms. The third-order valence-corrected chi connectivity index (χ3v) is 12.8. The van der Waals surface area contributed by atoms with Crippen LogP contribution in [0, 0.1) is 0 Å². The van der Waals surface area contributed by atoms with Crippen LogP contribution < -0.4 is 10.6 Å². The lowest BCUT2D eigenvalue weighted by Crippen LogP contribution is -2.40. The maximum Gasteiger partial charge on any atom is 0.251 e. The van der Waals surface area contributed by atoms with Gasteiger partial charge in [0.05, 0.1) is 11.8 Å². The summed E-state index contributed by atoms with van der Waals surface area (Å²) in [5.74, 6) is -2.11. The Balaban J connectivity index is 1.00. The molecule has 0 saturated heterocycles. The fraction of sp³-hybridized carbons (Fsp3) is 0.481. The average molecular weight is 809 g/mol. The van der Waals surface area contributed by atoms with Crippen LogP contribution in [-0.2, 0) is 9.59 Å². The van der Waals surface area contributed by atoms with Gasteiger partial charge in [0.1, 0.15) is 0 Å². The molecule has 2 N–H and O–H groups in total. The third-order valence-electron chi connectivity index (χ3n) is 12.8. The van der Waals surface area contributed by atoms with Gasteiger partial charge in [0, 0.05) is 24.2 Å². The number of Topliss-reactive ketones (excluding diaryl/α,β-unsaturated/α-hetero) is 2. The highest BCUT2D eigenvalue weighted by molar-refractivity contribution is 6.45. The zero-order valence-electron chi connectivity index (χ0n) is 36.4. The van der Waals surface area contributed by atoms with Crippen LogP contribution >= 0.6 is 0 Å². The van der Waals surface area contributed by atoms with Crippen LogP contribution in [0.15, 0.2) is 84.9 Å². The molecule has 3 aliphatic carbocycles. The molecule has 0 radical (unpaired) electrons. The highest BCUT2D eigenvalue weighted by atomic mass is 16.2. The molecule has 6 heteroatoms. The predicted molar refractivity (Wildman–Crippen MR) is 246 cm³/mol. The Morgan fingerprint density at radius 2 is 0.683 bits per heavy atom. The lowest BCUT2D eigenvalue weighted by atomic mass is 9.62. The number of fused-ring (bicyclic) bond motifs is 1. The van der Waals surface area contributed by atoms with Crippen LogP contribution in [0.25, 0.3) is 22.3 Å². The first kappa shape index (κ1) is 44.7. The maximum absolute atomic E-state index is 13.5. The fourth-order valence-corrected chi connectivity index (χ4v) is 9.18. The quantitative estimate of drug-likeness (QED) is 0.0488. The zero-order chi connectivity index (χ0) is 42.1. The number of nitrogens with one attached hydrogen (secondary N) is 2. The Kier molecular flexibility index (Phi) is 17.3. The van der Waals surface area contributed by atoms with Gasteiger partial charge < -0.3 is 10.6 Å². The van der Waals surface area contributed by atoms with E-state index in [4.69, 9.17) is 0 Å². The van der Waals surface area contributed by atoms with Crippen LogP contribution in [-0.4, -0.2) is 36.5 Å². The Labute approximate surface area is 359 Å². The Morgan fingerprint density at radius 3 is 1.02 bits per heavy atom. The second-order valence-electron chi connectivity index (χ2n) is 17.3. The molecular formula is C54H68N2O4. The van der Waals surface area contributed by atoms with Crippen molar-refractivity contribution in [3.8, 4) is 22.3 Å². The number of hydrogen-bond donors (Lipinski definition) is 2. The second-order valence-corrected chi connectivity index (χ2v) is 17.3. The van der Waals surface area contributed by atoms with Gasteiger partial charge in [-0.05, 0) is 93.7 Å². The summed E-state index contributed by atoms with van der Waals surface area (Å²) in [6, 6.07) is 27.4. The number of amides is 2. The summed E-state index contributed by atoms with van der Waals surface area (Å²) in [6.45, 7) is 5.88. The summed E-state index contributed by atoms with van der Waals surface area (Å²) >= 11 is 0. The molecule has 0 aromatic heterocycles. The normalized spacial score (nSPS) is 15.2. The SMILES string of the molecule is CCCCCCCCCCCCNC(=O)c1ccc(-c2ccc3c(c2)C2C(=O)C(=O)C3c3cc(-c4ccc(C(=O)NCCCCCCCCCCCC)cc4)ccc32)cc1. The Bertz CT molecular complexity index is 1880. The first-order valence-corrected chi connectivity index (χ1v) is 23.5. The minimum atomic E-state index is -0.640. The van der Waals surface area contributed by atoms with Crippen LogP contribution in [0.3, 0.4) is 0 Å². The summed E-state index contributed by atoms with van der Waals surface area (Å²) in [6.07, 6.45) is 25.3. The number of rotatable bonds is 26. The minimum absolute atomic E-state index is 0.0587. The second kappa shape index (κ2) is 23.2. The van der Waals surface area contributed by atoms with E-state index in [1.165, 1.54) is 103 Å². The van der Waals surface area contributed by atoms with Gasteiger partial charge in [-0.1, -0.05) is 178 Å². The van der Waals surface area contributed by atoms with Crippen molar-refractivity contribution in [2.45, 2.75) is 154 Å². The molecule has 2 unspecified atom stereocenters. The molecule has 6 nitrogen and oxygen atoms in total. The number of hydrogen-bond acceptors (Lipinski definition) is 4. The van der Waals surface area contributed by atoms with E-state index in [-0.39, 0.29) is 23.4 Å². The summed E-state index contributed by atoms with van der Waals surface area (Å²) in [4.78, 5) is 52.8. The van der Waals surface area contributed by atoms with Crippen molar-refractivity contribution >= 4 is 23.4 Å². The minimum Gasteiger partial charge on any atom is -0.352 e. The number of benzene rings is 4. The Morgan fingerprint density at radius 1 is 0.383 bits per heavy atom. The zero-order valence-corrected chi connectivity index (χ0v) is 36.4. The predicted octanol–water partition coefficient (Wildman–Crippen LogP) is 13.1. The van der Waals surface area contributed by atoms with Crippen LogP contribution in [0.2, 0.25) is 0 Å². The van der Waals surface area contributed by atoms with E-state index in [1.54, 1.807) is 0 Å². The highest BCUT2D eigenvalue weighted by Crippen LogP contribution is 2.51. The first-order valence-electron chi connectivity index (χ1n) is 23.5. The Hall–Kier alpha value is -4.84. The number of carbonyl (C=O) groups is 4. The molecule has 2 amide bonds. The van der Waals surface area contributed by atoms with Crippen molar-refractivity contribution in [2.75, 3.05) is 13.1 Å². The van der Waals surface area contributed by atoms with Crippen molar-refractivity contribution in [3.05, 3.63) is 118 Å². The molecule has 4 aromatic carbocycles. The molecular weight excluding hydrogens is 741 g/mol. The molecule has 3 aliphatic rings. The number of ketones is 2. The average Bonchev–Trinajstić information content (AvgIpc) is 3.28. The molecule has 2 bridgehead atoms. The smallest absolute Gasteiger partial charge is 0.251 e. The number of carbonyl (C=O) groups excluding carboxylic acids is 4. The van der Waals surface area contributed by atoms with Gasteiger partial charge in [-0.15, -0.1) is 0 Å². The highest BCUT2D eigenvalue weighted by Gasteiger charge is 2.48. The van der Waals surface area contributed by atoms with Gasteiger partial charge in [-0.3, -0.25) is 19.2 Å². The van der Waals surface area contributed by atoms with Crippen molar-refractivity contribution in [3.63, 3.8) is 0 Å². The molecule has 7 rings (SSSR count). The molecule has 60 heavy (non-hydrogen) atoms. The maximum atomic E-state index is 13.5. The monoisotopic (exact) mass is 809 g/mol. The molecule has 2 atom stereocenters. The topological polar surface area (TPSA) is 92.3 Å². The van der Waals surface area contributed by atoms with E-state index in [2.05, 4.69) is 36.6 Å². The lowest BCUT2D eigenvalue weighted by Gasteiger charge is -2.38. The molecule has 4 aromatic rings. The van der Waals surface area contributed by atoms with Gasteiger partial charge in [-0.25, -0.2) is 0 Å². The van der Waals surface area contributed by atoms with Gasteiger partial charge >= 0.3 is 0 Å². The molecule has 0 saturated carbocycles. The third kappa shape index (κ3) is 11.7. The van der Waals surface area contributed by atoms with Crippen molar-refractivity contribution in [1.29, 1.82) is 0 Å².